The summed E-state index contributed by atoms with van der Waals surface area (Å²) in [6.45, 7) is 2.23. The van der Waals surface area contributed by atoms with Gasteiger partial charge in [-0.1, -0.05) is 24.3 Å². The third-order valence-corrected chi connectivity index (χ3v) is 6.41. The van der Waals surface area contributed by atoms with Gasteiger partial charge in [0.2, 0.25) is 11.9 Å². The first-order valence-corrected chi connectivity index (χ1v) is 11.3. The summed E-state index contributed by atoms with van der Waals surface area (Å²) in [6, 6.07) is 14.0. The van der Waals surface area contributed by atoms with Crippen LogP contribution in [-0.2, 0) is 17.7 Å². The Morgan fingerprint density at radius 1 is 1.24 bits per heavy atom. The lowest BCUT2D eigenvalue weighted by Gasteiger charge is -2.26. The average Bonchev–Trinajstić information content (AvgIpc) is 3.18. The molecule has 2 heterocycles. The maximum absolute atomic E-state index is 14.2. The van der Waals surface area contributed by atoms with Gasteiger partial charge < -0.3 is 15.8 Å². The lowest BCUT2D eigenvalue weighted by molar-refractivity contribution is 0.0842. The second kappa shape index (κ2) is 8.87. The van der Waals surface area contributed by atoms with Crippen molar-refractivity contribution in [1.82, 2.24) is 14.5 Å². The minimum absolute atomic E-state index is 0.150. The number of ether oxygens (including phenoxy) is 1. The Kier molecular flexibility index (Phi) is 5.75. The van der Waals surface area contributed by atoms with Crippen molar-refractivity contribution < 1.29 is 13.9 Å². The standard InChI is InChI=1S/C26H26FN5O2/c1-15-13-19-17(24(28)33)8-5-11-21(19)32(15)26-30-23-18(9-6-12-22(23)34-2)25(31-26)29-14-16-7-3-4-10-20(16)27/h3-5,7-8,10-11,13,22H,6,9,12,14H2,1-2H3,(H2,28,33)(H,29,30,31)/t22-/m0/s1. The fraction of sp³-hybridized carbons (Fsp3) is 0.269. The number of halogens is 1. The van der Waals surface area contributed by atoms with Crippen LogP contribution in [-0.4, -0.2) is 27.6 Å². The van der Waals surface area contributed by atoms with E-state index in [0.717, 1.165) is 47.1 Å². The largest absolute Gasteiger partial charge is 0.375 e. The first kappa shape index (κ1) is 22.0. The van der Waals surface area contributed by atoms with E-state index in [4.69, 9.17) is 20.4 Å². The lowest BCUT2D eigenvalue weighted by Crippen LogP contribution is -2.20. The number of aromatic nitrogens is 3. The first-order valence-electron chi connectivity index (χ1n) is 11.3. The third kappa shape index (κ3) is 3.80. The maximum Gasteiger partial charge on any atom is 0.249 e. The molecule has 2 aromatic heterocycles. The lowest BCUT2D eigenvalue weighted by atomic mass is 9.93. The molecular weight excluding hydrogens is 433 g/mol. The SMILES string of the molecule is CO[C@H]1CCCc2c(NCc3ccccc3F)nc(-n3c(C)cc4c(C(N)=O)cccc43)nc21. The summed E-state index contributed by atoms with van der Waals surface area (Å²) in [6.07, 6.45) is 2.48. The number of carbonyl (C=O) groups is 1. The highest BCUT2D eigenvalue weighted by atomic mass is 19.1. The molecule has 0 aliphatic heterocycles. The van der Waals surface area contributed by atoms with E-state index in [9.17, 15) is 9.18 Å². The number of primary amides is 1. The van der Waals surface area contributed by atoms with Crippen molar-refractivity contribution in [1.29, 1.82) is 0 Å². The Bertz CT molecular complexity index is 1400. The predicted molar refractivity (Wildman–Crippen MR) is 129 cm³/mol. The molecule has 8 heteroatoms. The minimum atomic E-state index is -0.485. The van der Waals surface area contributed by atoms with E-state index < -0.39 is 5.91 Å². The van der Waals surface area contributed by atoms with E-state index in [1.165, 1.54) is 6.07 Å². The van der Waals surface area contributed by atoms with Gasteiger partial charge in [0.25, 0.3) is 0 Å². The van der Waals surface area contributed by atoms with Crippen molar-refractivity contribution in [3.63, 3.8) is 0 Å². The molecule has 7 nitrogen and oxygen atoms in total. The van der Waals surface area contributed by atoms with Crippen LogP contribution in [0.2, 0.25) is 0 Å². The molecule has 0 saturated heterocycles. The van der Waals surface area contributed by atoms with Gasteiger partial charge in [0.15, 0.2) is 0 Å². The number of rotatable bonds is 6. The van der Waals surface area contributed by atoms with Crippen LogP contribution < -0.4 is 11.1 Å². The molecule has 0 spiro atoms. The Morgan fingerprint density at radius 2 is 2.06 bits per heavy atom. The second-order valence-electron chi connectivity index (χ2n) is 8.52. The second-order valence-corrected chi connectivity index (χ2v) is 8.52. The zero-order valence-corrected chi connectivity index (χ0v) is 19.1. The number of nitrogens with two attached hydrogens (primary N) is 1. The number of benzene rings is 2. The van der Waals surface area contributed by atoms with E-state index in [2.05, 4.69) is 5.32 Å². The number of methoxy groups -OCH3 is 1. The van der Waals surface area contributed by atoms with Gasteiger partial charge in [0, 0.05) is 41.4 Å². The van der Waals surface area contributed by atoms with Crippen LogP contribution in [0, 0.1) is 12.7 Å². The minimum Gasteiger partial charge on any atom is -0.375 e. The van der Waals surface area contributed by atoms with Crippen molar-refractivity contribution in [2.45, 2.75) is 38.8 Å². The van der Waals surface area contributed by atoms with E-state index in [0.29, 0.717) is 29.4 Å². The van der Waals surface area contributed by atoms with Crippen LogP contribution in [0.1, 0.15) is 51.8 Å². The molecule has 1 atom stereocenters. The monoisotopic (exact) mass is 459 g/mol. The fourth-order valence-electron chi connectivity index (χ4n) is 4.74. The predicted octanol–water partition coefficient (Wildman–Crippen LogP) is 4.60. The molecule has 0 radical (unpaired) electrons. The smallest absolute Gasteiger partial charge is 0.249 e. The molecule has 34 heavy (non-hydrogen) atoms. The van der Waals surface area contributed by atoms with Gasteiger partial charge in [-0.05, 0) is 50.5 Å². The van der Waals surface area contributed by atoms with E-state index in [1.807, 2.05) is 29.7 Å². The molecule has 2 aromatic carbocycles. The summed E-state index contributed by atoms with van der Waals surface area (Å²) in [5.74, 6) is 0.380. The molecule has 0 unspecified atom stereocenters. The molecule has 1 aliphatic carbocycles. The average molecular weight is 460 g/mol. The highest BCUT2D eigenvalue weighted by Crippen LogP contribution is 2.36. The molecule has 0 saturated carbocycles. The van der Waals surface area contributed by atoms with Crippen LogP contribution in [0.4, 0.5) is 10.2 Å². The molecule has 0 fully saturated rings. The number of hydrogen-bond acceptors (Lipinski definition) is 5. The Labute approximate surface area is 196 Å². The summed E-state index contributed by atoms with van der Waals surface area (Å²) >= 11 is 0. The van der Waals surface area contributed by atoms with Crippen molar-refractivity contribution in [2.24, 2.45) is 5.73 Å². The Balaban J connectivity index is 1.66. The van der Waals surface area contributed by atoms with E-state index >= 15 is 0 Å². The van der Waals surface area contributed by atoms with Crippen molar-refractivity contribution in [3.05, 3.63) is 82.4 Å². The summed E-state index contributed by atoms with van der Waals surface area (Å²) < 4.78 is 21.9. The summed E-state index contributed by atoms with van der Waals surface area (Å²) in [7, 11) is 1.68. The number of aryl methyl sites for hydroxylation is 1. The Hall–Kier alpha value is -3.78. The Morgan fingerprint density at radius 3 is 2.82 bits per heavy atom. The molecule has 0 bridgehead atoms. The summed E-state index contributed by atoms with van der Waals surface area (Å²) in [5, 5.41) is 4.09. The third-order valence-electron chi connectivity index (χ3n) is 6.41. The van der Waals surface area contributed by atoms with Gasteiger partial charge >= 0.3 is 0 Å². The van der Waals surface area contributed by atoms with Crippen LogP contribution in [0.5, 0.6) is 0 Å². The zero-order valence-electron chi connectivity index (χ0n) is 19.1. The van der Waals surface area contributed by atoms with Gasteiger partial charge in [-0.25, -0.2) is 9.37 Å². The molecule has 5 rings (SSSR count). The normalized spacial score (nSPS) is 15.3. The van der Waals surface area contributed by atoms with Gasteiger partial charge in [0.05, 0.1) is 17.3 Å². The number of amides is 1. The summed E-state index contributed by atoms with van der Waals surface area (Å²) in [5.41, 5.74) is 10.1. The number of nitrogens with one attached hydrogen (secondary N) is 1. The van der Waals surface area contributed by atoms with Gasteiger partial charge in [0.1, 0.15) is 11.6 Å². The molecular formula is C26H26FN5O2. The molecule has 3 N–H and O–H groups in total. The van der Waals surface area contributed by atoms with Gasteiger partial charge in [-0.3, -0.25) is 9.36 Å². The fourth-order valence-corrected chi connectivity index (χ4v) is 4.74. The number of anilines is 1. The first-order chi connectivity index (χ1) is 16.5. The summed E-state index contributed by atoms with van der Waals surface area (Å²) in [4.78, 5) is 21.8. The molecule has 1 amide bonds. The van der Waals surface area contributed by atoms with E-state index in [-0.39, 0.29) is 11.9 Å². The topological polar surface area (TPSA) is 95.1 Å². The molecule has 4 aromatic rings. The number of hydrogen-bond donors (Lipinski definition) is 2. The quantitative estimate of drug-likeness (QED) is 0.439. The highest BCUT2D eigenvalue weighted by Gasteiger charge is 2.27. The number of nitrogens with zero attached hydrogens (tertiary/aromatic N) is 3. The van der Waals surface area contributed by atoms with Crippen molar-refractivity contribution in [3.8, 4) is 5.95 Å². The zero-order chi connectivity index (χ0) is 23.8. The van der Waals surface area contributed by atoms with Crippen LogP contribution in [0.3, 0.4) is 0 Å². The van der Waals surface area contributed by atoms with Crippen LogP contribution in [0.25, 0.3) is 16.9 Å². The van der Waals surface area contributed by atoms with Crippen molar-refractivity contribution >= 4 is 22.6 Å². The van der Waals surface area contributed by atoms with Crippen LogP contribution in [0.15, 0.2) is 48.5 Å². The van der Waals surface area contributed by atoms with E-state index in [1.54, 1.807) is 31.4 Å². The van der Waals surface area contributed by atoms with Gasteiger partial charge in [-0.15, -0.1) is 0 Å². The number of carbonyl (C=O) groups excluding carboxylic acids is 1. The van der Waals surface area contributed by atoms with Crippen LogP contribution >= 0.6 is 0 Å². The number of fused-ring (bicyclic) bond motifs is 2. The highest BCUT2D eigenvalue weighted by molar-refractivity contribution is 6.06. The maximum atomic E-state index is 14.2. The van der Waals surface area contributed by atoms with Crippen molar-refractivity contribution in [2.75, 3.05) is 12.4 Å². The van der Waals surface area contributed by atoms with Gasteiger partial charge in [-0.2, -0.15) is 4.98 Å². The molecule has 174 valence electrons. The molecule has 1 aliphatic rings.